The molecule has 3 rings (SSSR count). The van der Waals surface area contributed by atoms with E-state index in [0.717, 1.165) is 0 Å². The van der Waals surface area contributed by atoms with Crippen molar-refractivity contribution in [2.45, 2.75) is 33.6 Å². The first-order chi connectivity index (χ1) is 9.33. The van der Waals surface area contributed by atoms with Crippen molar-refractivity contribution >= 4 is 6.08 Å². The van der Waals surface area contributed by atoms with Crippen LogP contribution >= 0.6 is 0 Å². The van der Waals surface area contributed by atoms with Gasteiger partial charge in [0, 0.05) is 0 Å². The van der Waals surface area contributed by atoms with E-state index in [2.05, 4.69) is 61.5 Å². The molecule has 0 unspecified atom stereocenters. The Labute approximate surface area is 116 Å². The first kappa shape index (κ1) is 13.6. The van der Waals surface area contributed by atoms with E-state index in [9.17, 15) is 0 Å². The highest BCUT2D eigenvalue weighted by atomic mass is 14.1. The third-order valence-electron chi connectivity index (χ3n) is 3.41. The lowest BCUT2D eigenvalue weighted by atomic mass is 9.93. The van der Waals surface area contributed by atoms with Gasteiger partial charge in [-0.3, -0.25) is 0 Å². The zero-order chi connectivity index (χ0) is 13.7. The van der Waals surface area contributed by atoms with Crippen molar-refractivity contribution in [3.63, 3.8) is 0 Å². The van der Waals surface area contributed by atoms with Gasteiger partial charge in [0.2, 0.25) is 0 Å². The van der Waals surface area contributed by atoms with Crippen LogP contribution in [0.2, 0.25) is 0 Å². The molecule has 2 aromatic carbocycles. The van der Waals surface area contributed by atoms with Crippen LogP contribution in [0.3, 0.4) is 0 Å². The summed E-state index contributed by atoms with van der Waals surface area (Å²) in [7, 11) is 0. The Kier molecular flexibility index (Phi) is 4.57. The molecule has 2 aromatic rings. The molecule has 0 saturated carbocycles. The van der Waals surface area contributed by atoms with Crippen molar-refractivity contribution in [1.29, 1.82) is 0 Å². The molecule has 1 aliphatic rings. The molecular formula is C19H22. The van der Waals surface area contributed by atoms with Gasteiger partial charge in [-0.1, -0.05) is 74.0 Å². The van der Waals surface area contributed by atoms with E-state index in [1.807, 2.05) is 13.8 Å². The van der Waals surface area contributed by atoms with Crippen molar-refractivity contribution in [3.05, 3.63) is 65.2 Å². The molecule has 0 N–H and O–H groups in total. The number of hydrogen-bond donors (Lipinski definition) is 0. The van der Waals surface area contributed by atoms with Crippen LogP contribution in [0.4, 0.5) is 0 Å². The van der Waals surface area contributed by atoms with Crippen LogP contribution in [0.25, 0.3) is 17.2 Å². The molecule has 0 saturated heterocycles. The van der Waals surface area contributed by atoms with E-state index in [0.29, 0.717) is 0 Å². The van der Waals surface area contributed by atoms with Gasteiger partial charge in [-0.25, -0.2) is 0 Å². The summed E-state index contributed by atoms with van der Waals surface area (Å²) in [6.07, 6.45) is 6.83. The van der Waals surface area contributed by atoms with Crippen molar-refractivity contribution in [3.8, 4) is 11.1 Å². The third kappa shape index (κ3) is 3.14. The summed E-state index contributed by atoms with van der Waals surface area (Å²) < 4.78 is 0. The fourth-order valence-corrected chi connectivity index (χ4v) is 2.36. The maximum absolute atomic E-state index is 2.34. The Bertz CT molecular complexity index is 559. The first-order valence-corrected chi connectivity index (χ1v) is 7.19. The quantitative estimate of drug-likeness (QED) is 0.613. The highest BCUT2D eigenvalue weighted by Crippen LogP contribution is 2.26. The van der Waals surface area contributed by atoms with Gasteiger partial charge < -0.3 is 0 Å². The maximum Gasteiger partial charge on any atom is -0.0181 e. The van der Waals surface area contributed by atoms with Crippen molar-refractivity contribution < 1.29 is 0 Å². The van der Waals surface area contributed by atoms with Crippen LogP contribution in [-0.2, 0) is 6.42 Å². The summed E-state index contributed by atoms with van der Waals surface area (Å²) in [6, 6.07) is 15.6. The molecule has 0 bridgehead atoms. The van der Waals surface area contributed by atoms with E-state index in [1.165, 1.54) is 40.7 Å². The monoisotopic (exact) mass is 250 g/mol. The van der Waals surface area contributed by atoms with E-state index in [1.54, 1.807) is 0 Å². The second kappa shape index (κ2) is 6.38. The van der Waals surface area contributed by atoms with Crippen LogP contribution in [0.5, 0.6) is 0 Å². The summed E-state index contributed by atoms with van der Waals surface area (Å²) in [4.78, 5) is 0. The number of fused-ring (bicyclic) bond motifs is 1. The maximum atomic E-state index is 2.34. The summed E-state index contributed by atoms with van der Waals surface area (Å²) in [5, 5.41) is 0. The first-order valence-electron chi connectivity index (χ1n) is 7.19. The molecule has 0 nitrogen and oxygen atoms in total. The topological polar surface area (TPSA) is 0 Å². The van der Waals surface area contributed by atoms with Gasteiger partial charge in [0.1, 0.15) is 0 Å². The zero-order valence-corrected chi connectivity index (χ0v) is 12.1. The molecule has 0 heteroatoms. The summed E-state index contributed by atoms with van der Waals surface area (Å²) in [5.74, 6) is 0. The standard InChI is InChI=1S/C17H16.C2H6/c1-13-6-8-15(9-7-13)17-11-10-14-4-2-3-5-16(14)12-17;1-2/h2,4,6-12H,3,5H2,1H3;1-2H3. The zero-order valence-electron chi connectivity index (χ0n) is 12.1. The summed E-state index contributed by atoms with van der Waals surface area (Å²) >= 11 is 0. The minimum absolute atomic E-state index is 1.17. The van der Waals surface area contributed by atoms with E-state index >= 15 is 0 Å². The Morgan fingerprint density at radius 1 is 0.842 bits per heavy atom. The van der Waals surface area contributed by atoms with Gasteiger partial charge in [-0.15, -0.1) is 0 Å². The van der Waals surface area contributed by atoms with Crippen LogP contribution in [0.1, 0.15) is 37.0 Å². The van der Waals surface area contributed by atoms with E-state index in [-0.39, 0.29) is 0 Å². The largest absolute Gasteiger partial charge is 0.0836 e. The molecule has 19 heavy (non-hydrogen) atoms. The number of aryl methyl sites for hydroxylation is 2. The molecule has 0 aromatic heterocycles. The molecule has 0 aliphatic heterocycles. The average Bonchev–Trinajstić information content (AvgIpc) is 2.49. The number of allylic oxidation sites excluding steroid dienone is 1. The number of rotatable bonds is 1. The van der Waals surface area contributed by atoms with Gasteiger partial charge in [0.05, 0.1) is 0 Å². The smallest absolute Gasteiger partial charge is 0.0181 e. The number of hydrogen-bond acceptors (Lipinski definition) is 0. The van der Waals surface area contributed by atoms with Crippen molar-refractivity contribution in [1.82, 2.24) is 0 Å². The molecule has 1 aliphatic carbocycles. The second-order valence-electron chi connectivity index (χ2n) is 4.72. The van der Waals surface area contributed by atoms with Crippen LogP contribution in [0, 0.1) is 6.92 Å². The fourth-order valence-electron chi connectivity index (χ4n) is 2.36. The lowest BCUT2D eigenvalue weighted by Gasteiger charge is -2.12. The lowest BCUT2D eigenvalue weighted by molar-refractivity contribution is 0.986. The normalized spacial score (nSPS) is 12.4. The highest BCUT2D eigenvalue weighted by Gasteiger charge is 2.06. The summed E-state index contributed by atoms with van der Waals surface area (Å²) in [5.41, 5.74) is 6.82. The van der Waals surface area contributed by atoms with Gasteiger partial charge >= 0.3 is 0 Å². The molecule has 0 amide bonds. The molecule has 0 atom stereocenters. The second-order valence-corrected chi connectivity index (χ2v) is 4.72. The van der Waals surface area contributed by atoms with Crippen LogP contribution in [-0.4, -0.2) is 0 Å². The lowest BCUT2D eigenvalue weighted by Crippen LogP contribution is -1.94. The van der Waals surface area contributed by atoms with Crippen molar-refractivity contribution in [2.24, 2.45) is 0 Å². The predicted molar refractivity (Wildman–Crippen MR) is 85.3 cm³/mol. The molecule has 0 radical (unpaired) electrons. The molecule has 0 heterocycles. The Morgan fingerprint density at radius 3 is 2.26 bits per heavy atom. The Morgan fingerprint density at radius 2 is 1.53 bits per heavy atom. The third-order valence-corrected chi connectivity index (χ3v) is 3.41. The van der Waals surface area contributed by atoms with Gasteiger partial charge in [0.25, 0.3) is 0 Å². The van der Waals surface area contributed by atoms with Crippen LogP contribution in [0.15, 0.2) is 48.5 Å². The number of benzene rings is 2. The van der Waals surface area contributed by atoms with E-state index < -0.39 is 0 Å². The van der Waals surface area contributed by atoms with Crippen LogP contribution < -0.4 is 0 Å². The molecule has 0 spiro atoms. The fraction of sp³-hybridized carbons (Fsp3) is 0.263. The SMILES string of the molecule is CC.Cc1ccc(-c2ccc3c(c2)CCC=C3)cc1. The highest BCUT2D eigenvalue weighted by molar-refractivity contribution is 5.68. The molecule has 0 fully saturated rings. The minimum atomic E-state index is 1.17. The minimum Gasteiger partial charge on any atom is -0.0836 e. The summed E-state index contributed by atoms with van der Waals surface area (Å²) in [6.45, 7) is 6.13. The van der Waals surface area contributed by atoms with Crippen molar-refractivity contribution in [2.75, 3.05) is 0 Å². The average molecular weight is 250 g/mol. The Hall–Kier alpha value is -1.82. The Balaban J connectivity index is 0.000000637. The molecule has 98 valence electrons. The van der Waals surface area contributed by atoms with Gasteiger partial charge in [0.15, 0.2) is 0 Å². The van der Waals surface area contributed by atoms with Gasteiger partial charge in [-0.05, 0) is 42.0 Å². The van der Waals surface area contributed by atoms with Gasteiger partial charge in [-0.2, -0.15) is 0 Å². The predicted octanol–water partition coefficient (Wildman–Crippen LogP) is 5.65. The molecular weight excluding hydrogens is 228 g/mol. The van der Waals surface area contributed by atoms with E-state index in [4.69, 9.17) is 0 Å².